The van der Waals surface area contributed by atoms with Crippen LogP contribution in [0.25, 0.3) is 0 Å². The third-order valence-electron chi connectivity index (χ3n) is 4.62. The standard InChI is InChI=1S/C23H21ClN2O3/c1-14-6-5-7-15(2)20(14)25-23(29)21(16-10-12-17(24)13-11-16)26-22(28)18-8-3-4-9-19(18)27/h3-13,21,27H,1-2H3,(H,25,29)(H,26,28)/t21-/m0/s1. The Bertz CT molecular complexity index is 1030. The molecule has 3 aromatic carbocycles. The molecule has 29 heavy (non-hydrogen) atoms. The van der Waals surface area contributed by atoms with Gasteiger partial charge in [0.05, 0.1) is 5.56 Å². The Morgan fingerprint density at radius 2 is 1.52 bits per heavy atom. The molecule has 5 nitrogen and oxygen atoms in total. The highest BCUT2D eigenvalue weighted by Gasteiger charge is 2.25. The number of halogens is 1. The SMILES string of the molecule is Cc1cccc(C)c1NC(=O)[C@@H](NC(=O)c1ccccc1O)c1ccc(Cl)cc1. The zero-order valence-corrected chi connectivity index (χ0v) is 16.8. The number of nitrogens with one attached hydrogen (secondary N) is 2. The highest BCUT2D eigenvalue weighted by Crippen LogP contribution is 2.24. The number of hydrogen-bond donors (Lipinski definition) is 3. The summed E-state index contributed by atoms with van der Waals surface area (Å²) in [6, 6.07) is 17.6. The largest absolute Gasteiger partial charge is 0.507 e. The summed E-state index contributed by atoms with van der Waals surface area (Å²) in [6.45, 7) is 3.81. The van der Waals surface area contributed by atoms with Gasteiger partial charge in [0.2, 0.25) is 0 Å². The van der Waals surface area contributed by atoms with Crippen molar-refractivity contribution in [3.05, 3.63) is 94.0 Å². The van der Waals surface area contributed by atoms with Crippen molar-refractivity contribution in [3.63, 3.8) is 0 Å². The van der Waals surface area contributed by atoms with Gasteiger partial charge in [0.25, 0.3) is 11.8 Å². The maximum atomic E-state index is 13.1. The first-order valence-electron chi connectivity index (χ1n) is 9.08. The molecule has 1 atom stereocenters. The van der Waals surface area contributed by atoms with Crippen LogP contribution >= 0.6 is 11.6 Å². The number of carbonyl (C=O) groups is 2. The Morgan fingerprint density at radius 3 is 2.14 bits per heavy atom. The number of carbonyl (C=O) groups excluding carboxylic acids is 2. The van der Waals surface area contributed by atoms with Gasteiger partial charge in [-0.1, -0.05) is 54.1 Å². The molecule has 0 aliphatic rings. The van der Waals surface area contributed by atoms with Crippen LogP contribution in [0.5, 0.6) is 5.75 Å². The fraction of sp³-hybridized carbons (Fsp3) is 0.130. The van der Waals surface area contributed by atoms with Crippen LogP contribution in [-0.2, 0) is 4.79 Å². The van der Waals surface area contributed by atoms with E-state index in [1.807, 2.05) is 32.0 Å². The Balaban J connectivity index is 1.93. The molecule has 3 N–H and O–H groups in total. The number of para-hydroxylation sites is 2. The van der Waals surface area contributed by atoms with Crippen molar-refractivity contribution in [3.8, 4) is 5.75 Å². The van der Waals surface area contributed by atoms with Gasteiger partial charge < -0.3 is 15.7 Å². The number of rotatable bonds is 5. The van der Waals surface area contributed by atoms with Gasteiger partial charge >= 0.3 is 0 Å². The van der Waals surface area contributed by atoms with E-state index in [9.17, 15) is 14.7 Å². The first-order chi connectivity index (χ1) is 13.9. The van der Waals surface area contributed by atoms with Crippen molar-refractivity contribution in [2.75, 3.05) is 5.32 Å². The summed E-state index contributed by atoms with van der Waals surface area (Å²) >= 11 is 5.97. The molecule has 0 spiro atoms. The van der Waals surface area contributed by atoms with Crippen LogP contribution in [0.15, 0.2) is 66.7 Å². The zero-order chi connectivity index (χ0) is 21.0. The highest BCUT2D eigenvalue weighted by atomic mass is 35.5. The summed E-state index contributed by atoms with van der Waals surface area (Å²) in [5, 5.41) is 16.1. The van der Waals surface area contributed by atoms with E-state index < -0.39 is 17.9 Å². The number of aromatic hydroxyl groups is 1. The van der Waals surface area contributed by atoms with Gasteiger partial charge in [-0.15, -0.1) is 0 Å². The van der Waals surface area contributed by atoms with E-state index >= 15 is 0 Å². The maximum Gasteiger partial charge on any atom is 0.255 e. The summed E-state index contributed by atoms with van der Waals surface area (Å²) in [7, 11) is 0. The van der Waals surface area contributed by atoms with Crippen molar-refractivity contribution in [1.29, 1.82) is 0 Å². The van der Waals surface area contributed by atoms with Crippen LogP contribution < -0.4 is 10.6 Å². The molecule has 0 unspecified atom stereocenters. The number of anilines is 1. The number of amides is 2. The van der Waals surface area contributed by atoms with Gasteiger partial charge in [0.15, 0.2) is 0 Å². The van der Waals surface area contributed by atoms with E-state index in [1.165, 1.54) is 12.1 Å². The molecule has 0 saturated heterocycles. The molecule has 0 saturated carbocycles. The summed E-state index contributed by atoms with van der Waals surface area (Å²) in [6.07, 6.45) is 0. The monoisotopic (exact) mass is 408 g/mol. The first-order valence-corrected chi connectivity index (χ1v) is 9.46. The molecule has 0 aromatic heterocycles. The van der Waals surface area contributed by atoms with E-state index in [0.29, 0.717) is 16.3 Å². The van der Waals surface area contributed by atoms with Crippen LogP contribution in [0.4, 0.5) is 5.69 Å². The van der Waals surface area contributed by atoms with E-state index in [2.05, 4.69) is 10.6 Å². The second-order valence-electron chi connectivity index (χ2n) is 6.73. The van der Waals surface area contributed by atoms with Crippen molar-refractivity contribution < 1.29 is 14.7 Å². The normalized spacial score (nSPS) is 11.6. The van der Waals surface area contributed by atoms with Gasteiger partial charge in [-0.3, -0.25) is 9.59 Å². The highest BCUT2D eigenvalue weighted by molar-refractivity contribution is 6.30. The third kappa shape index (κ3) is 4.76. The summed E-state index contributed by atoms with van der Waals surface area (Å²) in [5.74, 6) is -1.11. The molecular formula is C23H21ClN2O3. The fourth-order valence-corrected chi connectivity index (χ4v) is 3.16. The Labute approximate surface area is 174 Å². The fourth-order valence-electron chi connectivity index (χ4n) is 3.04. The first kappa shape index (κ1) is 20.4. The predicted octanol–water partition coefficient (Wildman–Crippen LogP) is 4.77. The molecule has 0 aliphatic carbocycles. The van der Waals surface area contributed by atoms with Crippen molar-refractivity contribution in [1.82, 2.24) is 5.32 Å². The topological polar surface area (TPSA) is 78.4 Å². The lowest BCUT2D eigenvalue weighted by atomic mass is 10.0. The third-order valence-corrected chi connectivity index (χ3v) is 4.87. The van der Waals surface area contributed by atoms with Crippen LogP contribution in [0.2, 0.25) is 5.02 Å². The molecule has 0 aliphatic heterocycles. The van der Waals surface area contributed by atoms with E-state index in [-0.39, 0.29) is 11.3 Å². The van der Waals surface area contributed by atoms with Crippen molar-refractivity contribution >= 4 is 29.1 Å². The summed E-state index contributed by atoms with van der Waals surface area (Å²) in [5.41, 5.74) is 3.20. The Morgan fingerprint density at radius 1 is 0.897 bits per heavy atom. The summed E-state index contributed by atoms with van der Waals surface area (Å²) in [4.78, 5) is 25.9. The van der Waals surface area contributed by atoms with Crippen molar-refractivity contribution in [2.24, 2.45) is 0 Å². The molecule has 0 heterocycles. The Kier molecular flexibility index (Phi) is 6.20. The molecule has 2 amide bonds. The van der Waals surface area contributed by atoms with Crippen LogP contribution in [-0.4, -0.2) is 16.9 Å². The van der Waals surface area contributed by atoms with Gasteiger partial charge in [-0.05, 0) is 54.8 Å². The smallest absolute Gasteiger partial charge is 0.255 e. The number of benzene rings is 3. The number of aryl methyl sites for hydroxylation is 2. The molecular weight excluding hydrogens is 388 g/mol. The minimum absolute atomic E-state index is 0.0892. The number of phenols is 1. The maximum absolute atomic E-state index is 13.1. The predicted molar refractivity (Wildman–Crippen MR) is 114 cm³/mol. The minimum Gasteiger partial charge on any atom is -0.507 e. The van der Waals surface area contributed by atoms with Crippen LogP contribution in [0.3, 0.4) is 0 Å². The van der Waals surface area contributed by atoms with Crippen LogP contribution in [0.1, 0.15) is 33.1 Å². The lowest BCUT2D eigenvalue weighted by Crippen LogP contribution is -2.37. The quantitative estimate of drug-likeness (QED) is 0.568. The number of phenolic OH excluding ortho intramolecular Hbond substituents is 1. The molecule has 0 radical (unpaired) electrons. The van der Waals surface area contributed by atoms with E-state index in [0.717, 1.165) is 11.1 Å². The van der Waals surface area contributed by atoms with Gasteiger partial charge in [-0.2, -0.15) is 0 Å². The molecule has 0 fully saturated rings. The van der Waals surface area contributed by atoms with Gasteiger partial charge in [-0.25, -0.2) is 0 Å². The average Bonchev–Trinajstić information content (AvgIpc) is 2.70. The minimum atomic E-state index is -0.974. The lowest BCUT2D eigenvalue weighted by Gasteiger charge is -2.21. The Hall–Kier alpha value is -3.31. The van der Waals surface area contributed by atoms with Gasteiger partial charge in [0.1, 0.15) is 11.8 Å². The number of hydrogen-bond acceptors (Lipinski definition) is 3. The molecule has 0 bridgehead atoms. The molecule has 148 valence electrons. The zero-order valence-electron chi connectivity index (χ0n) is 16.1. The second-order valence-corrected chi connectivity index (χ2v) is 7.17. The lowest BCUT2D eigenvalue weighted by molar-refractivity contribution is -0.118. The average molecular weight is 409 g/mol. The van der Waals surface area contributed by atoms with E-state index in [1.54, 1.807) is 36.4 Å². The van der Waals surface area contributed by atoms with Crippen LogP contribution in [0, 0.1) is 13.8 Å². The molecule has 6 heteroatoms. The van der Waals surface area contributed by atoms with Gasteiger partial charge in [0, 0.05) is 10.7 Å². The molecule has 3 rings (SSSR count). The van der Waals surface area contributed by atoms with Crippen molar-refractivity contribution in [2.45, 2.75) is 19.9 Å². The molecule has 3 aromatic rings. The second kappa shape index (κ2) is 8.80. The van der Waals surface area contributed by atoms with E-state index in [4.69, 9.17) is 11.6 Å². The summed E-state index contributed by atoms with van der Waals surface area (Å²) < 4.78 is 0.